The molecule has 0 heterocycles. The molecule has 0 saturated heterocycles. The quantitative estimate of drug-likeness (QED) is 0.563. The van der Waals surface area contributed by atoms with Crippen molar-refractivity contribution in [1.82, 2.24) is 0 Å². The molecule has 0 nitrogen and oxygen atoms in total. The Hall–Kier alpha value is 0. The Kier molecular flexibility index (Phi) is 1.40. The van der Waals surface area contributed by atoms with Gasteiger partial charge in [-0.15, -0.1) is 0 Å². The summed E-state index contributed by atoms with van der Waals surface area (Å²) >= 11 is 0. The Labute approximate surface area is 93.8 Å². The normalized spacial score (nSPS) is 74.4. The van der Waals surface area contributed by atoms with Crippen LogP contribution in [-0.2, 0) is 0 Å². The zero-order valence-corrected chi connectivity index (χ0v) is 10.5. The molecule has 0 heteroatoms. The van der Waals surface area contributed by atoms with E-state index in [0.717, 1.165) is 52.8 Å². The zero-order chi connectivity index (χ0) is 10.5. The van der Waals surface area contributed by atoms with Gasteiger partial charge in [0.25, 0.3) is 0 Å². The van der Waals surface area contributed by atoms with Crippen LogP contribution in [0.3, 0.4) is 0 Å². The smallest absolute Gasteiger partial charge is 0.0258 e. The Morgan fingerprint density at radius 3 is 2.33 bits per heavy atom. The lowest BCUT2D eigenvalue weighted by Crippen LogP contribution is -2.60. The van der Waals surface area contributed by atoms with Gasteiger partial charge >= 0.3 is 0 Å². The molecule has 2 bridgehead atoms. The molecule has 0 N–H and O–H groups in total. The van der Waals surface area contributed by atoms with Gasteiger partial charge in [0.1, 0.15) is 0 Å². The summed E-state index contributed by atoms with van der Waals surface area (Å²) in [6.07, 6.45) is 3.15. The van der Waals surface area contributed by atoms with Crippen molar-refractivity contribution in [2.24, 2.45) is 52.8 Å². The van der Waals surface area contributed by atoms with Crippen LogP contribution in [0.25, 0.3) is 0 Å². The summed E-state index contributed by atoms with van der Waals surface area (Å²) < 4.78 is 0. The number of hydrogen-bond acceptors (Lipinski definition) is 0. The predicted molar refractivity (Wildman–Crippen MR) is 62.3 cm³/mol. The molecule has 4 aliphatic carbocycles. The van der Waals surface area contributed by atoms with Crippen molar-refractivity contribution in [1.29, 1.82) is 0 Å². The summed E-state index contributed by atoms with van der Waals surface area (Å²) in [6, 6.07) is 0. The van der Waals surface area contributed by atoms with Crippen molar-refractivity contribution in [3.05, 3.63) is 0 Å². The SMILES string of the molecule is CC1CC2(C)C3CC(C4C(C)C(C)C43)C12. The zero-order valence-electron chi connectivity index (χ0n) is 10.5. The maximum atomic E-state index is 2.62. The van der Waals surface area contributed by atoms with Crippen LogP contribution < -0.4 is 0 Å². The Morgan fingerprint density at radius 1 is 1.00 bits per heavy atom. The van der Waals surface area contributed by atoms with Gasteiger partial charge in [0.2, 0.25) is 0 Å². The van der Waals surface area contributed by atoms with Crippen LogP contribution in [0.4, 0.5) is 0 Å². The molecule has 9 atom stereocenters. The predicted octanol–water partition coefficient (Wildman–Crippen LogP) is 3.82. The average Bonchev–Trinajstić information content (AvgIpc) is 2.62. The first-order valence-corrected chi connectivity index (χ1v) is 7.05. The highest BCUT2D eigenvalue weighted by Crippen LogP contribution is 2.79. The molecule has 9 unspecified atom stereocenters. The minimum atomic E-state index is 0.791. The minimum Gasteiger partial charge on any atom is -0.0622 e. The Bertz CT molecular complexity index is 320. The van der Waals surface area contributed by atoms with E-state index in [1.165, 1.54) is 0 Å². The molecule has 0 aromatic rings. The molecule has 0 amide bonds. The van der Waals surface area contributed by atoms with Crippen molar-refractivity contribution >= 4 is 0 Å². The summed E-state index contributed by atoms with van der Waals surface area (Å²) in [5.41, 5.74) is 0.791. The average molecular weight is 204 g/mol. The van der Waals surface area contributed by atoms with Gasteiger partial charge < -0.3 is 0 Å². The van der Waals surface area contributed by atoms with Crippen molar-refractivity contribution in [2.75, 3.05) is 0 Å². The molecule has 0 spiro atoms. The third-order valence-corrected chi connectivity index (χ3v) is 7.42. The molecule has 15 heavy (non-hydrogen) atoms. The maximum Gasteiger partial charge on any atom is -0.0258 e. The summed E-state index contributed by atoms with van der Waals surface area (Å²) in [5, 5.41) is 0. The summed E-state index contributed by atoms with van der Waals surface area (Å²) in [7, 11) is 0. The van der Waals surface area contributed by atoms with Crippen LogP contribution in [0.5, 0.6) is 0 Å². The molecule has 4 saturated carbocycles. The largest absolute Gasteiger partial charge is 0.0622 e. The van der Waals surface area contributed by atoms with Gasteiger partial charge in [-0.1, -0.05) is 27.7 Å². The Morgan fingerprint density at radius 2 is 1.67 bits per heavy atom. The number of fused-ring (bicyclic) bond motifs is 8. The van der Waals surface area contributed by atoms with E-state index in [4.69, 9.17) is 0 Å². The van der Waals surface area contributed by atoms with Crippen LogP contribution in [0.2, 0.25) is 0 Å². The van der Waals surface area contributed by atoms with Gasteiger partial charge in [-0.2, -0.15) is 0 Å². The second-order valence-corrected chi connectivity index (χ2v) is 7.59. The molecule has 0 radical (unpaired) electrons. The van der Waals surface area contributed by atoms with E-state index in [9.17, 15) is 0 Å². The van der Waals surface area contributed by atoms with Crippen LogP contribution >= 0.6 is 0 Å². The monoisotopic (exact) mass is 204 g/mol. The molecule has 4 fully saturated rings. The highest BCUT2D eigenvalue weighted by molar-refractivity contribution is 5.21. The van der Waals surface area contributed by atoms with Crippen molar-refractivity contribution in [3.63, 3.8) is 0 Å². The van der Waals surface area contributed by atoms with E-state index in [1.807, 2.05) is 0 Å². The molecule has 0 aromatic heterocycles. The minimum absolute atomic E-state index is 0.791. The van der Waals surface area contributed by atoms with Gasteiger partial charge in [-0.05, 0) is 65.6 Å². The topological polar surface area (TPSA) is 0 Å². The van der Waals surface area contributed by atoms with E-state index in [1.54, 1.807) is 12.8 Å². The van der Waals surface area contributed by atoms with E-state index >= 15 is 0 Å². The van der Waals surface area contributed by atoms with E-state index < -0.39 is 0 Å². The lowest BCUT2D eigenvalue weighted by molar-refractivity contribution is -0.178. The highest BCUT2D eigenvalue weighted by Gasteiger charge is 2.73. The standard InChI is InChI=1S/C15H24/c1-7-6-15(4)11-5-10(14(7)15)12-8(2)9(3)13(11)12/h7-14H,5-6H2,1-4H3. The molecule has 84 valence electrons. The first-order valence-electron chi connectivity index (χ1n) is 7.05. The van der Waals surface area contributed by atoms with Gasteiger partial charge in [0, 0.05) is 0 Å². The summed E-state index contributed by atoms with van der Waals surface area (Å²) in [5.74, 6) is 8.80. The molecular formula is C15H24. The third kappa shape index (κ3) is 0.718. The van der Waals surface area contributed by atoms with Crippen molar-refractivity contribution in [3.8, 4) is 0 Å². The Balaban J connectivity index is 1.73. The molecule has 0 aliphatic heterocycles. The second kappa shape index (κ2) is 2.31. The second-order valence-electron chi connectivity index (χ2n) is 7.59. The summed E-state index contributed by atoms with van der Waals surface area (Å²) in [6.45, 7) is 10.2. The molecule has 4 rings (SSSR count). The number of rotatable bonds is 0. The molecule has 4 aliphatic rings. The first kappa shape index (κ1) is 9.07. The van der Waals surface area contributed by atoms with Crippen LogP contribution in [0.15, 0.2) is 0 Å². The van der Waals surface area contributed by atoms with Gasteiger partial charge in [0.05, 0.1) is 0 Å². The molecular weight excluding hydrogens is 180 g/mol. The van der Waals surface area contributed by atoms with E-state index in [-0.39, 0.29) is 0 Å². The lowest BCUT2D eigenvalue weighted by Gasteiger charge is -2.65. The van der Waals surface area contributed by atoms with Crippen LogP contribution in [0.1, 0.15) is 40.5 Å². The van der Waals surface area contributed by atoms with Crippen LogP contribution in [0, 0.1) is 52.8 Å². The number of hydrogen-bond donors (Lipinski definition) is 0. The van der Waals surface area contributed by atoms with Crippen LogP contribution in [-0.4, -0.2) is 0 Å². The molecule has 0 aromatic carbocycles. The summed E-state index contributed by atoms with van der Waals surface area (Å²) in [4.78, 5) is 0. The fraction of sp³-hybridized carbons (Fsp3) is 1.00. The fourth-order valence-corrected chi connectivity index (χ4v) is 7.02. The maximum absolute atomic E-state index is 2.62. The van der Waals surface area contributed by atoms with E-state index in [2.05, 4.69) is 27.7 Å². The van der Waals surface area contributed by atoms with E-state index in [0.29, 0.717) is 0 Å². The van der Waals surface area contributed by atoms with Gasteiger partial charge in [-0.3, -0.25) is 0 Å². The van der Waals surface area contributed by atoms with Crippen molar-refractivity contribution in [2.45, 2.75) is 40.5 Å². The van der Waals surface area contributed by atoms with Gasteiger partial charge in [-0.25, -0.2) is 0 Å². The fourth-order valence-electron chi connectivity index (χ4n) is 7.02. The van der Waals surface area contributed by atoms with Crippen molar-refractivity contribution < 1.29 is 0 Å². The lowest BCUT2D eigenvalue weighted by atomic mass is 9.39. The highest BCUT2D eigenvalue weighted by atomic mass is 14.8. The first-order chi connectivity index (χ1) is 7.05. The third-order valence-electron chi connectivity index (χ3n) is 7.42. The van der Waals surface area contributed by atoms with Gasteiger partial charge in [0.15, 0.2) is 0 Å².